The van der Waals surface area contributed by atoms with E-state index >= 15 is 0 Å². The maximum atomic E-state index is 13.9. The van der Waals surface area contributed by atoms with Crippen LogP contribution in [0.25, 0.3) is 0 Å². The molecule has 0 spiro atoms. The Morgan fingerprint density at radius 2 is 1.76 bits per heavy atom. The lowest BCUT2D eigenvalue weighted by Gasteiger charge is -2.24. The average Bonchev–Trinajstić information content (AvgIpc) is 2.80. The lowest BCUT2D eigenvalue weighted by atomic mass is 10.2. The van der Waals surface area contributed by atoms with Crippen LogP contribution in [-0.4, -0.2) is 33.2 Å². The number of amides is 1. The Morgan fingerprint density at radius 1 is 1.09 bits per heavy atom. The zero-order valence-electron chi connectivity index (χ0n) is 18.3. The fourth-order valence-electron chi connectivity index (χ4n) is 3.05. The molecule has 3 aromatic rings. The van der Waals surface area contributed by atoms with E-state index in [0.29, 0.717) is 34.3 Å². The first-order valence-corrected chi connectivity index (χ1v) is 14.1. The van der Waals surface area contributed by atoms with Crippen LogP contribution in [0.4, 0.5) is 10.1 Å². The second-order valence-corrected chi connectivity index (χ2v) is 11.7. The molecule has 0 aliphatic carbocycles. The molecular weight excluding hydrogens is 563 g/mol. The Kier molecular flexibility index (Phi) is 9.41. The number of nitrogens with one attached hydrogen (secondary N) is 1. The van der Waals surface area contributed by atoms with Crippen molar-refractivity contribution in [1.82, 2.24) is 5.32 Å². The van der Waals surface area contributed by atoms with E-state index in [-0.39, 0.29) is 17.3 Å². The number of benzene rings is 3. The monoisotopic (exact) mass is 584 g/mol. The minimum Gasteiger partial charge on any atom is -0.354 e. The molecule has 0 radical (unpaired) electrons. The fourth-order valence-corrected chi connectivity index (χ4v) is 5.94. The van der Waals surface area contributed by atoms with Gasteiger partial charge in [-0.15, -0.1) is 0 Å². The van der Waals surface area contributed by atoms with Crippen molar-refractivity contribution in [2.75, 3.05) is 23.1 Å². The van der Waals surface area contributed by atoms with Gasteiger partial charge in [-0.3, -0.25) is 9.10 Å². The number of hydrogen-bond donors (Lipinski definition) is 1. The first-order valence-electron chi connectivity index (χ1n) is 10.3. The van der Waals surface area contributed by atoms with Crippen molar-refractivity contribution < 1.29 is 17.6 Å². The summed E-state index contributed by atoms with van der Waals surface area (Å²) < 4.78 is 42.4. The van der Waals surface area contributed by atoms with Crippen LogP contribution in [0, 0.1) is 12.7 Å². The number of hydrogen-bond acceptors (Lipinski definition) is 4. The summed E-state index contributed by atoms with van der Waals surface area (Å²) >= 11 is 10.8. The van der Waals surface area contributed by atoms with Gasteiger partial charge in [0.2, 0.25) is 5.91 Å². The van der Waals surface area contributed by atoms with E-state index in [1.54, 1.807) is 48.5 Å². The Morgan fingerprint density at radius 3 is 2.41 bits per heavy atom. The van der Waals surface area contributed by atoms with Crippen LogP contribution in [0.15, 0.2) is 76.1 Å². The summed E-state index contributed by atoms with van der Waals surface area (Å²) in [6.45, 7) is 1.80. The van der Waals surface area contributed by atoms with Crippen LogP contribution in [0.5, 0.6) is 0 Å². The summed E-state index contributed by atoms with van der Waals surface area (Å²) in [7, 11) is -3.96. The first kappa shape index (κ1) is 26.5. The van der Waals surface area contributed by atoms with Gasteiger partial charge in [0.15, 0.2) is 0 Å². The largest absolute Gasteiger partial charge is 0.354 e. The standard InChI is InChI=1S/C24H23BrClFN2O3S2/c1-17-5-11-20(12-6-17)34(31,32)29(19-9-7-18(25)8-10-19)15-24(30)28-13-14-33-16-21-22(26)3-2-4-23(21)27/h2-12H,13-16H2,1H3,(H,28,30). The predicted molar refractivity (Wildman–Crippen MR) is 140 cm³/mol. The highest BCUT2D eigenvalue weighted by Gasteiger charge is 2.27. The minimum absolute atomic E-state index is 0.103. The third kappa shape index (κ3) is 6.97. The smallest absolute Gasteiger partial charge is 0.264 e. The van der Waals surface area contributed by atoms with Crippen LogP contribution in [-0.2, 0) is 20.6 Å². The molecule has 0 atom stereocenters. The molecule has 0 unspecified atom stereocenters. The summed E-state index contributed by atoms with van der Waals surface area (Å²) in [5.74, 6) is 0.0757. The van der Waals surface area contributed by atoms with Crippen molar-refractivity contribution in [2.24, 2.45) is 0 Å². The molecule has 0 aromatic heterocycles. The van der Waals surface area contributed by atoms with Crippen molar-refractivity contribution >= 4 is 60.9 Å². The second-order valence-electron chi connectivity index (χ2n) is 7.40. The number of aryl methyl sites for hydroxylation is 1. The second kappa shape index (κ2) is 12.1. The molecule has 5 nitrogen and oxygen atoms in total. The van der Waals surface area contributed by atoms with Gasteiger partial charge in [0.05, 0.1) is 10.6 Å². The number of thioether (sulfide) groups is 1. The Bertz CT molecular complexity index is 1220. The zero-order chi connectivity index (χ0) is 24.7. The number of carbonyl (C=O) groups is 1. The van der Waals surface area contributed by atoms with Gasteiger partial charge in [-0.1, -0.05) is 51.3 Å². The highest BCUT2D eigenvalue weighted by Crippen LogP contribution is 2.26. The fraction of sp³-hybridized carbons (Fsp3) is 0.208. The lowest BCUT2D eigenvalue weighted by molar-refractivity contribution is -0.119. The topological polar surface area (TPSA) is 66.5 Å². The van der Waals surface area contributed by atoms with E-state index in [1.807, 2.05) is 6.92 Å². The molecule has 0 fully saturated rings. The Hall–Kier alpha value is -2.07. The van der Waals surface area contributed by atoms with Gasteiger partial charge in [0.1, 0.15) is 12.4 Å². The maximum absolute atomic E-state index is 13.9. The number of nitrogens with zero attached hydrogens (tertiary/aromatic N) is 1. The molecule has 180 valence electrons. The summed E-state index contributed by atoms with van der Waals surface area (Å²) in [5, 5.41) is 3.10. The number of sulfonamides is 1. The quantitative estimate of drug-likeness (QED) is 0.306. The van der Waals surface area contributed by atoms with Crippen LogP contribution >= 0.6 is 39.3 Å². The highest BCUT2D eigenvalue weighted by atomic mass is 79.9. The maximum Gasteiger partial charge on any atom is 0.264 e. The van der Waals surface area contributed by atoms with Crippen molar-refractivity contribution in [3.05, 3.63) is 93.2 Å². The van der Waals surface area contributed by atoms with Crippen LogP contribution in [0.3, 0.4) is 0 Å². The molecule has 0 aliphatic heterocycles. The molecule has 0 heterocycles. The summed E-state index contributed by atoms with van der Waals surface area (Å²) in [4.78, 5) is 12.8. The van der Waals surface area contributed by atoms with Crippen molar-refractivity contribution in [2.45, 2.75) is 17.6 Å². The third-order valence-electron chi connectivity index (χ3n) is 4.89. The molecule has 0 aliphatic rings. The van der Waals surface area contributed by atoms with Gasteiger partial charge in [-0.2, -0.15) is 11.8 Å². The van der Waals surface area contributed by atoms with Crippen LogP contribution < -0.4 is 9.62 Å². The highest BCUT2D eigenvalue weighted by molar-refractivity contribution is 9.10. The molecular formula is C24H23BrClFN2O3S2. The molecule has 0 saturated carbocycles. The Balaban J connectivity index is 1.64. The van der Waals surface area contributed by atoms with Gasteiger partial charge < -0.3 is 5.32 Å². The molecule has 0 bridgehead atoms. The normalized spacial score (nSPS) is 11.3. The summed E-state index contributed by atoms with van der Waals surface area (Å²) in [5.41, 5.74) is 1.73. The van der Waals surface area contributed by atoms with E-state index in [4.69, 9.17) is 11.6 Å². The third-order valence-corrected chi connectivity index (χ3v) is 8.54. The van der Waals surface area contributed by atoms with Crippen molar-refractivity contribution in [3.63, 3.8) is 0 Å². The Labute approximate surface area is 216 Å². The number of anilines is 1. The number of carbonyl (C=O) groups excluding carboxylic acids is 1. The van der Waals surface area contributed by atoms with E-state index in [9.17, 15) is 17.6 Å². The first-order chi connectivity index (χ1) is 16.2. The molecule has 3 rings (SSSR count). The SMILES string of the molecule is Cc1ccc(S(=O)(=O)N(CC(=O)NCCSCc2c(F)cccc2Cl)c2ccc(Br)cc2)cc1. The zero-order valence-corrected chi connectivity index (χ0v) is 22.3. The average molecular weight is 586 g/mol. The molecule has 34 heavy (non-hydrogen) atoms. The van der Waals surface area contributed by atoms with Crippen LogP contribution in [0.2, 0.25) is 5.02 Å². The van der Waals surface area contributed by atoms with Crippen LogP contribution in [0.1, 0.15) is 11.1 Å². The molecule has 1 amide bonds. The summed E-state index contributed by atoms with van der Waals surface area (Å²) in [6, 6.07) is 17.7. The summed E-state index contributed by atoms with van der Waals surface area (Å²) in [6.07, 6.45) is 0. The van der Waals surface area contributed by atoms with E-state index in [1.165, 1.54) is 30.0 Å². The molecule has 10 heteroatoms. The van der Waals surface area contributed by atoms with Gasteiger partial charge >= 0.3 is 0 Å². The molecule has 0 saturated heterocycles. The van der Waals surface area contributed by atoms with Gasteiger partial charge in [-0.25, -0.2) is 12.8 Å². The van der Waals surface area contributed by atoms with Gasteiger partial charge in [0.25, 0.3) is 10.0 Å². The van der Waals surface area contributed by atoms with E-state index in [2.05, 4.69) is 21.2 Å². The number of rotatable bonds is 10. The van der Waals surface area contributed by atoms with E-state index in [0.717, 1.165) is 14.3 Å². The van der Waals surface area contributed by atoms with E-state index < -0.39 is 15.9 Å². The van der Waals surface area contributed by atoms with Gasteiger partial charge in [0, 0.05) is 33.1 Å². The minimum atomic E-state index is -3.96. The number of halogens is 3. The molecule has 1 N–H and O–H groups in total. The molecule has 3 aromatic carbocycles. The van der Waals surface area contributed by atoms with Crippen molar-refractivity contribution in [3.8, 4) is 0 Å². The van der Waals surface area contributed by atoms with Gasteiger partial charge in [-0.05, 0) is 55.5 Å². The van der Waals surface area contributed by atoms with Crippen molar-refractivity contribution in [1.29, 1.82) is 0 Å². The predicted octanol–water partition coefficient (Wildman–Crippen LogP) is 5.79. The lowest BCUT2D eigenvalue weighted by Crippen LogP contribution is -2.41.